The summed E-state index contributed by atoms with van der Waals surface area (Å²) in [7, 11) is 1.98. The number of quaternary nitrogens is 1. The van der Waals surface area contributed by atoms with Crippen LogP contribution in [0.5, 0.6) is 0 Å². The molecule has 0 bridgehead atoms. The van der Waals surface area contributed by atoms with Crippen LogP contribution in [0.15, 0.2) is 24.4 Å². The van der Waals surface area contributed by atoms with Crippen LogP contribution < -0.4 is 10.3 Å². The van der Waals surface area contributed by atoms with E-state index in [0.717, 1.165) is 12.5 Å². The number of hydrazine groups is 1. The van der Waals surface area contributed by atoms with E-state index in [2.05, 4.69) is 10.4 Å². The number of nitrogens with zero attached hydrogens (tertiary/aromatic N) is 2. The summed E-state index contributed by atoms with van der Waals surface area (Å²) in [6.45, 7) is 0.852. The number of aromatic nitrogens is 1. The largest absolute Gasteiger partial charge is 0.709 e. The Morgan fingerprint density at radius 1 is 1.69 bits per heavy atom. The van der Waals surface area contributed by atoms with E-state index in [0.29, 0.717) is 0 Å². The van der Waals surface area contributed by atoms with E-state index in [-0.39, 0.29) is 5.50 Å². The van der Waals surface area contributed by atoms with Gasteiger partial charge in [-0.05, 0) is 6.07 Å². The van der Waals surface area contributed by atoms with Gasteiger partial charge in [0.2, 0.25) is 5.82 Å². The Labute approximate surface area is 82.9 Å². The Bertz CT molecular complexity index is 279. The molecule has 1 aliphatic rings. The Morgan fingerprint density at radius 2 is 2.54 bits per heavy atom. The molecule has 1 aromatic rings. The molecule has 2 rings (SSSR count). The van der Waals surface area contributed by atoms with Gasteiger partial charge in [-0.2, -0.15) is 5.01 Å². The minimum Gasteiger partial charge on any atom is -0.709 e. The van der Waals surface area contributed by atoms with Crippen LogP contribution in [0, 0.1) is 0 Å². The fraction of sp³-hybridized carbons (Fsp3) is 0.375. The zero-order valence-electron chi connectivity index (χ0n) is 7.40. The van der Waals surface area contributed by atoms with Crippen LogP contribution >= 0.6 is 0 Å². The Balaban J connectivity index is 2.18. The lowest BCUT2D eigenvalue weighted by Gasteiger charge is -2.22. The van der Waals surface area contributed by atoms with Gasteiger partial charge in [0.25, 0.3) is 0 Å². The minimum absolute atomic E-state index is 0.0140. The normalized spacial score (nSPS) is 29.4. The lowest BCUT2D eigenvalue weighted by molar-refractivity contribution is -0.838. The quantitative estimate of drug-likeness (QED) is 0.555. The van der Waals surface area contributed by atoms with Crippen molar-refractivity contribution < 1.29 is 4.90 Å². The van der Waals surface area contributed by atoms with E-state index in [9.17, 15) is 0 Å². The maximum Gasteiger partial charge on any atom is 0.226 e. The molecule has 2 N–H and O–H groups in total. The highest BCUT2D eigenvalue weighted by atomic mass is 32.1. The van der Waals surface area contributed by atoms with Crippen LogP contribution in [0.3, 0.4) is 0 Å². The predicted octanol–water partition coefficient (Wildman–Crippen LogP) is -1.16. The van der Waals surface area contributed by atoms with Gasteiger partial charge in [0.1, 0.15) is 0 Å². The molecule has 1 aliphatic heterocycles. The second-order valence-corrected chi connectivity index (χ2v) is 3.58. The maximum absolute atomic E-state index is 5.25. The van der Waals surface area contributed by atoms with Crippen LogP contribution in [0.2, 0.25) is 0 Å². The van der Waals surface area contributed by atoms with Gasteiger partial charge in [-0.25, -0.2) is 10.4 Å². The molecule has 4 nitrogen and oxygen atoms in total. The first-order valence-corrected chi connectivity index (χ1v) is 4.65. The molecule has 0 saturated carbocycles. The van der Waals surface area contributed by atoms with Crippen molar-refractivity contribution in [1.82, 2.24) is 15.4 Å². The highest BCUT2D eigenvalue weighted by Gasteiger charge is 2.24. The summed E-state index contributed by atoms with van der Waals surface area (Å²) in [6, 6.07) is 5.89. The van der Waals surface area contributed by atoms with E-state index >= 15 is 0 Å². The van der Waals surface area contributed by atoms with Crippen LogP contribution in [0.1, 0.15) is 0 Å². The van der Waals surface area contributed by atoms with Crippen LogP contribution in [-0.4, -0.2) is 29.2 Å². The number of rotatable bonds is 1. The molecule has 70 valence electrons. The van der Waals surface area contributed by atoms with Crippen molar-refractivity contribution in [2.45, 2.75) is 5.50 Å². The van der Waals surface area contributed by atoms with Gasteiger partial charge in [-0.3, -0.25) is 4.90 Å². The fourth-order valence-corrected chi connectivity index (χ4v) is 1.81. The molecule has 0 radical (unpaired) electrons. The van der Waals surface area contributed by atoms with Crippen molar-refractivity contribution in [1.29, 1.82) is 0 Å². The zero-order chi connectivity index (χ0) is 9.26. The van der Waals surface area contributed by atoms with E-state index in [1.807, 2.05) is 30.3 Å². The standard InChI is InChI=1S/C8H12N4S/c1-11-6-12(8(13)10-11)7-4-2-3-5-9-7/h2-5,8,10,13H,6H2,1H3. The highest BCUT2D eigenvalue weighted by Crippen LogP contribution is 1.96. The van der Waals surface area contributed by atoms with Crippen molar-refractivity contribution in [3.8, 4) is 0 Å². The van der Waals surface area contributed by atoms with Gasteiger partial charge >= 0.3 is 0 Å². The van der Waals surface area contributed by atoms with Crippen LogP contribution in [0.25, 0.3) is 0 Å². The molecule has 13 heavy (non-hydrogen) atoms. The zero-order valence-corrected chi connectivity index (χ0v) is 8.21. The summed E-state index contributed by atoms with van der Waals surface area (Å²) < 4.78 is 0. The Hall–Kier alpha value is -0.620. The number of nitrogens with one attached hydrogen (secondary N) is 2. The molecule has 2 heterocycles. The molecular formula is C8H12N4S. The first-order chi connectivity index (χ1) is 6.27. The lowest BCUT2D eigenvalue weighted by Crippen LogP contribution is -3.10. The summed E-state index contributed by atoms with van der Waals surface area (Å²) in [5.41, 5.74) is 3.12. The summed E-state index contributed by atoms with van der Waals surface area (Å²) in [6.07, 6.45) is 1.79. The summed E-state index contributed by atoms with van der Waals surface area (Å²) >= 11 is 5.25. The highest BCUT2D eigenvalue weighted by molar-refractivity contribution is 7.59. The fourth-order valence-electron chi connectivity index (χ4n) is 1.43. The average Bonchev–Trinajstić information content (AvgIpc) is 2.47. The molecule has 0 spiro atoms. The molecule has 1 saturated heterocycles. The predicted molar refractivity (Wildman–Crippen MR) is 51.8 cm³/mol. The van der Waals surface area contributed by atoms with Gasteiger partial charge < -0.3 is 12.6 Å². The van der Waals surface area contributed by atoms with Gasteiger partial charge in [0.05, 0.1) is 0 Å². The Morgan fingerprint density at radius 3 is 3.08 bits per heavy atom. The van der Waals surface area contributed by atoms with Crippen molar-refractivity contribution in [3.05, 3.63) is 24.4 Å². The summed E-state index contributed by atoms with van der Waals surface area (Å²) in [5.74, 6) is 0.999. The van der Waals surface area contributed by atoms with Gasteiger partial charge in [0.15, 0.2) is 6.67 Å². The van der Waals surface area contributed by atoms with Crippen LogP contribution in [-0.2, 0) is 12.6 Å². The Kier molecular flexibility index (Phi) is 2.50. The molecule has 5 heteroatoms. The minimum atomic E-state index is -0.0140. The van der Waals surface area contributed by atoms with Crippen molar-refractivity contribution in [2.75, 3.05) is 13.7 Å². The number of pyridine rings is 1. The van der Waals surface area contributed by atoms with E-state index in [1.54, 1.807) is 6.20 Å². The van der Waals surface area contributed by atoms with Crippen molar-refractivity contribution in [3.63, 3.8) is 0 Å². The van der Waals surface area contributed by atoms with Gasteiger partial charge in [-0.1, -0.05) is 6.07 Å². The SMILES string of the molecule is CN1C[NH+](c2ccccn2)C([S-])N1. The van der Waals surface area contributed by atoms with E-state index in [4.69, 9.17) is 12.6 Å². The summed E-state index contributed by atoms with van der Waals surface area (Å²) in [5, 5.41) is 1.99. The van der Waals surface area contributed by atoms with Crippen LogP contribution in [0.4, 0.5) is 5.82 Å². The molecule has 0 aromatic carbocycles. The summed E-state index contributed by atoms with van der Waals surface area (Å²) in [4.78, 5) is 5.45. The number of hydrogen-bond donors (Lipinski definition) is 2. The molecular weight excluding hydrogens is 184 g/mol. The molecule has 0 aliphatic carbocycles. The maximum atomic E-state index is 5.25. The molecule has 2 unspecified atom stereocenters. The third kappa shape index (κ3) is 1.83. The molecule has 1 aromatic heterocycles. The smallest absolute Gasteiger partial charge is 0.226 e. The van der Waals surface area contributed by atoms with Gasteiger partial charge in [0, 0.05) is 24.8 Å². The van der Waals surface area contributed by atoms with E-state index in [1.165, 1.54) is 4.90 Å². The monoisotopic (exact) mass is 196 g/mol. The lowest BCUT2D eigenvalue weighted by atomic mass is 10.4. The second-order valence-electron chi connectivity index (χ2n) is 3.11. The number of hydrogen-bond acceptors (Lipinski definition) is 4. The second kappa shape index (κ2) is 3.63. The van der Waals surface area contributed by atoms with Gasteiger partial charge in [-0.15, -0.1) is 0 Å². The third-order valence-electron chi connectivity index (χ3n) is 2.06. The molecule has 1 fully saturated rings. The molecule has 0 amide bonds. The first-order valence-electron chi connectivity index (χ1n) is 4.17. The molecule has 2 atom stereocenters. The van der Waals surface area contributed by atoms with Crippen molar-refractivity contribution in [2.24, 2.45) is 0 Å². The van der Waals surface area contributed by atoms with E-state index < -0.39 is 0 Å². The third-order valence-corrected chi connectivity index (χ3v) is 2.45. The van der Waals surface area contributed by atoms with Crippen molar-refractivity contribution >= 4 is 18.4 Å². The topological polar surface area (TPSA) is 32.6 Å². The average molecular weight is 196 g/mol. The first kappa shape index (κ1) is 8.96.